The summed E-state index contributed by atoms with van der Waals surface area (Å²) in [4.78, 5) is 97.6. The molecule has 0 bridgehead atoms. The van der Waals surface area contributed by atoms with Crippen molar-refractivity contribution < 1.29 is 62.3 Å². The van der Waals surface area contributed by atoms with E-state index in [2.05, 4.69) is 22.1 Å². The van der Waals surface area contributed by atoms with Gasteiger partial charge < -0.3 is 43.7 Å². The van der Waals surface area contributed by atoms with E-state index in [-0.39, 0.29) is 50.8 Å². The number of carbonyl (C=O) groups excluding carboxylic acids is 6. The van der Waals surface area contributed by atoms with Crippen molar-refractivity contribution in [1.82, 2.24) is 20.0 Å². The Balaban J connectivity index is 1.13. The minimum atomic E-state index is -2.14. The van der Waals surface area contributed by atoms with Crippen molar-refractivity contribution in [1.29, 1.82) is 0 Å². The van der Waals surface area contributed by atoms with Crippen LogP contribution < -0.4 is 24.4 Å². The van der Waals surface area contributed by atoms with Gasteiger partial charge in [-0.15, -0.1) is 0 Å². The first-order chi connectivity index (χ1) is 39.9. The van der Waals surface area contributed by atoms with Crippen molar-refractivity contribution in [2.24, 2.45) is 11.8 Å². The van der Waals surface area contributed by atoms with Crippen LogP contribution in [0.4, 0.5) is 10.5 Å². The fourth-order valence-electron chi connectivity index (χ4n) is 12.4. The van der Waals surface area contributed by atoms with E-state index in [0.29, 0.717) is 59.1 Å². The van der Waals surface area contributed by atoms with E-state index in [9.17, 15) is 14.7 Å². The molecule has 11 rings (SSSR count). The molecule has 3 fully saturated rings. The molecule has 5 heterocycles. The fourth-order valence-corrected chi connectivity index (χ4v) is 12.4. The lowest BCUT2D eigenvalue weighted by molar-refractivity contribution is -0.179. The molecule has 4 amide bonds. The first kappa shape index (κ1) is 54.9. The molecule has 0 saturated carbocycles. The molecule has 18 nitrogen and oxygen atoms in total. The molecule has 7 unspecified atom stereocenters. The highest BCUT2D eigenvalue weighted by molar-refractivity contribution is 6.24. The van der Waals surface area contributed by atoms with Gasteiger partial charge in [-0.3, -0.25) is 33.8 Å². The molecule has 0 aromatic heterocycles. The van der Waals surface area contributed by atoms with Crippen molar-refractivity contribution in [2.45, 2.75) is 55.6 Å². The average molecular weight is 1110 g/mol. The number of cyclic esters (lactones) is 1. The number of nitrogens with one attached hydrogen (secondary N) is 1. The van der Waals surface area contributed by atoms with Gasteiger partial charge in [-0.25, -0.2) is 9.69 Å². The number of hydrogen-bond donors (Lipinski definition) is 2. The van der Waals surface area contributed by atoms with Crippen molar-refractivity contribution in [3.8, 4) is 29.1 Å². The van der Waals surface area contributed by atoms with Gasteiger partial charge >= 0.3 is 23.9 Å². The fraction of sp³-hybridized carbons (Fsp3) is 0.312. The number of aliphatic hydroxyl groups is 1. The summed E-state index contributed by atoms with van der Waals surface area (Å²) in [5.74, 6) is 1.03. The van der Waals surface area contributed by atoms with E-state index in [1.807, 2.05) is 120 Å². The van der Waals surface area contributed by atoms with Gasteiger partial charge in [0.25, 0.3) is 0 Å². The maximum absolute atomic E-state index is 17.1. The number of morpholine rings is 1. The highest BCUT2D eigenvalue weighted by Gasteiger charge is 2.76. The SMILES string of the molecule is COC(=O)C(CC#Cc1ccc2c(c1)C1(C(=O)N2C(=O)NC(C)c2ccccc2)C(C(=O)N2CCN(Cc3ccc4c(c3)OCO4)CC2)C2C(=O)OC(c3ccccc3)C(c3ccccc3)N2C1c1cccc(OCCO)c1)C(=O)OC. The number of fused-ring (bicyclic) bond motifs is 4. The van der Waals surface area contributed by atoms with E-state index in [4.69, 9.17) is 28.4 Å². The molecule has 18 heteroatoms. The van der Waals surface area contributed by atoms with Gasteiger partial charge in [0.05, 0.1) is 50.6 Å². The summed E-state index contributed by atoms with van der Waals surface area (Å²) in [5, 5.41) is 13.0. The van der Waals surface area contributed by atoms with Gasteiger partial charge in [0.1, 0.15) is 29.9 Å². The molecular weight excluding hydrogens is 1050 g/mol. The topological polar surface area (TPSA) is 203 Å². The van der Waals surface area contributed by atoms with Crippen LogP contribution in [-0.2, 0) is 50.1 Å². The Hall–Kier alpha value is -9.02. The highest BCUT2D eigenvalue weighted by Crippen LogP contribution is 2.66. The molecule has 3 saturated heterocycles. The Bertz CT molecular complexity index is 3440. The Kier molecular flexibility index (Phi) is 15.8. The molecule has 0 radical (unpaired) electrons. The number of hydrogen-bond acceptors (Lipinski definition) is 15. The van der Waals surface area contributed by atoms with Crippen molar-refractivity contribution >= 4 is 41.4 Å². The van der Waals surface area contributed by atoms with Crippen LogP contribution in [0, 0.1) is 23.7 Å². The summed E-state index contributed by atoms with van der Waals surface area (Å²) in [7, 11) is 2.31. The molecule has 7 atom stereocenters. The third-order valence-corrected chi connectivity index (χ3v) is 16.1. The standard InChI is InChI=1S/C64H61N5O13/c1-40(43-16-7-4-8-17-43)65-63(76)68-50-27-25-41(15-13-24-48(59(72)77-2)60(73)78-3)35-49(50)64(62(68)75)53(58(71)67-31-29-66(30-32-67)38-42-26-28-51-52(36-42)81-39-80-51)55-61(74)82-56(45-20-11-6-12-21-45)54(44-18-9-5-10-19-44)69(55)57(64)46-22-14-23-47(37-46)79-34-33-70/h4-12,14,16-23,25-28,35-37,40,48,53-57,70H,24,29-34,38-39H2,1-3H3,(H,65,76). The Labute approximate surface area is 474 Å². The Morgan fingerprint density at radius 2 is 1.41 bits per heavy atom. The number of amides is 4. The summed E-state index contributed by atoms with van der Waals surface area (Å²) in [6, 6.07) is 40.8. The van der Waals surface area contributed by atoms with Gasteiger partial charge in [0.15, 0.2) is 17.4 Å². The Morgan fingerprint density at radius 3 is 2.11 bits per heavy atom. The number of aliphatic hydroxyl groups excluding tert-OH is 1. The second-order valence-corrected chi connectivity index (χ2v) is 20.8. The minimum absolute atomic E-state index is 0.0629. The normalized spacial score (nSPS) is 22.1. The quantitative estimate of drug-likeness (QED) is 0.0490. The van der Waals surface area contributed by atoms with Gasteiger partial charge in [-0.2, -0.15) is 0 Å². The summed E-state index contributed by atoms with van der Waals surface area (Å²) < 4.78 is 33.9. The van der Waals surface area contributed by atoms with E-state index in [1.54, 1.807) is 48.2 Å². The number of methoxy groups -OCH3 is 2. The molecular formula is C64H61N5O13. The number of urea groups is 1. The van der Waals surface area contributed by atoms with E-state index in [0.717, 1.165) is 30.2 Å². The average Bonchev–Trinajstić information content (AvgIpc) is 1.61. The van der Waals surface area contributed by atoms with Crippen molar-refractivity contribution in [2.75, 3.05) is 65.3 Å². The second kappa shape index (κ2) is 23.6. The minimum Gasteiger partial charge on any atom is -0.491 e. The summed E-state index contributed by atoms with van der Waals surface area (Å²) in [5.41, 5.74) is 2.12. The van der Waals surface area contributed by atoms with Gasteiger partial charge in [0.2, 0.25) is 18.6 Å². The van der Waals surface area contributed by atoms with Gasteiger partial charge in [0, 0.05) is 44.7 Å². The smallest absolute Gasteiger partial charge is 0.329 e. The predicted molar refractivity (Wildman–Crippen MR) is 298 cm³/mol. The van der Waals surface area contributed by atoms with Crippen LogP contribution in [0.5, 0.6) is 17.2 Å². The predicted octanol–water partition coefficient (Wildman–Crippen LogP) is 6.97. The van der Waals surface area contributed by atoms with Crippen LogP contribution in [0.3, 0.4) is 0 Å². The van der Waals surface area contributed by atoms with Crippen molar-refractivity contribution in [3.05, 3.63) is 191 Å². The zero-order chi connectivity index (χ0) is 57.1. The number of piperazine rings is 1. The largest absolute Gasteiger partial charge is 0.491 e. The summed E-state index contributed by atoms with van der Waals surface area (Å²) in [6.45, 7) is 3.43. The maximum atomic E-state index is 17.1. The number of rotatable bonds is 14. The van der Waals surface area contributed by atoms with Gasteiger partial charge in [-0.1, -0.05) is 121 Å². The molecule has 5 aliphatic heterocycles. The first-order valence-corrected chi connectivity index (χ1v) is 27.2. The number of nitrogens with zero attached hydrogens (tertiary/aromatic N) is 4. The number of ether oxygens (including phenoxy) is 6. The lowest BCUT2D eigenvalue weighted by Gasteiger charge is -2.46. The lowest BCUT2D eigenvalue weighted by Crippen LogP contribution is -2.59. The molecule has 2 N–H and O–H groups in total. The summed E-state index contributed by atoms with van der Waals surface area (Å²) >= 11 is 0. The van der Waals surface area contributed by atoms with Crippen LogP contribution in [0.15, 0.2) is 152 Å². The lowest BCUT2D eigenvalue weighted by atomic mass is 9.64. The molecule has 420 valence electrons. The van der Waals surface area contributed by atoms with Crippen LogP contribution in [-0.4, -0.2) is 122 Å². The van der Waals surface area contributed by atoms with Crippen LogP contribution in [0.2, 0.25) is 0 Å². The maximum Gasteiger partial charge on any atom is 0.329 e. The number of benzene rings is 6. The number of anilines is 1. The van der Waals surface area contributed by atoms with Gasteiger partial charge in [-0.05, 0) is 82.8 Å². The molecule has 5 aliphatic rings. The molecule has 1 spiro atoms. The monoisotopic (exact) mass is 1110 g/mol. The molecule has 0 aliphatic carbocycles. The molecule has 82 heavy (non-hydrogen) atoms. The highest BCUT2D eigenvalue weighted by atomic mass is 16.7. The van der Waals surface area contributed by atoms with Crippen LogP contribution in [0.25, 0.3) is 0 Å². The third-order valence-electron chi connectivity index (χ3n) is 16.1. The zero-order valence-corrected chi connectivity index (χ0v) is 45.5. The summed E-state index contributed by atoms with van der Waals surface area (Å²) in [6.07, 6.45) is -1.27. The third kappa shape index (κ3) is 10.2. The van der Waals surface area contributed by atoms with Crippen LogP contribution in [0.1, 0.15) is 76.5 Å². The number of carbonyl (C=O) groups is 6. The zero-order valence-electron chi connectivity index (χ0n) is 45.5. The van der Waals surface area contributed by atoms with Crippen LogP contribution >= 0.6 is 0 Å². The number of esters is 3. The first-order valence-electron chi connectivity index (χ1n) is 27.2. The number of imide groups is 1. The molecule has 6 aromatic carbocycles. The molecule has 6 aromatic rings. The Morgan fingerprint density at radius 1 is 0.744 bits per heavy atom. The van der Waals surface area contributed by atoms with Crippen molar-refractivity contribution in [3.63, 3.8) is 0 Å². The second-order valence-electron chi connectivity index (χ2n) is 20.8. The van der Waals surface area contributed by atoms with E-state index in [1.165, 1.54) is 0 Å². The van der Waals surface area contributed by atoms with E-state index >= 15 is 19.2 Å². The van der Waals surface area contributed by atoms with E-state index < -0.39 is 83.3 Å².